The molecule has 0 spiro atoms. The summed E-state index contributed by atoms with van der Waals surface area (Å²) in [5.74, 6) is -0.266. The zero-order valence-electron chi connectivity index (χ0n) is 13.1. The fourth-order valence-corrected chi connectivity index (χ4v) is 2.73. The zero-order chi connectivity index (χ0) is 17.4. The first-order chi connectivity index (χ1) is 12.1. The lowest BCUT2D eigenvalue weighted by Gasteiger charge is -2.00. The molecule has 2 heterocycles. The molecule has 0 aliphatic heterocycles. The Balaban J connectivity index is 1.64. The number of nitrogens with one attached hydrogen (secondary N) is 2. The van der Waals surface area contributed by atoms with Crippen LogP contribution in [0.15, 0.2) is 41.5 Å². The standard InChI is InChI=1S/C17H12ClFN6/c1-9-5-6-14-10(7-9)15-16(21-14)22-17(25-23-15)24-20-8-11-12(18)3-2-4-13(11)19/h2-8H,1H3,(H2,21,22,24,25)/b20-8+. The Bertz CT molecular complexity index is 1100. The third-order valence-corrected chi connectivity index (χ3v) is 4.06. The van der Waals surface area contributed by atoms with Gasteiger partial charge in [0.1, 0.15) is 11.3 Å². The number of hydrogen-bond acceptors (Lipinski definition) is 5. The van der Waals surface area contributed by atoms with E-state index in [-0.39, 0.29) is 16.5 Å². The summed E-state index contributed by atoms with van der Waals surface area (Å²) in [6.45, 7) is 2.01. The Morgan fingerprint density at radius 2 is 2.12 bits per heavy atom. The SMILES string of the molecule is Cc1ccc2[nH]c3nc(N/N=C/c4c(F)cccc4Cl)nnc3c2c1. The van der Waals surface area contributed by atoms with Crippen LogP contribution in [0.2, 0.25) is 5.02 Å². The summed E-state index contributed by atoms with van der Waals surface area (Å²) in [6.07, 6.45) is 1.28. The van der Waals surface area contributed by atoms with Crippen molar-refractivity contribution in [2.75, 3.05) is 5.43 Å². The minimum atomic E-state index is -0.460. The molecule has 25 heavy (non-hydrogen) atoms. The van der Waals surface area contributed by atoms with Crippen LogP contribution in [0.25, 0.3) is 22.1 Å². The van der Waals surface area contributed by atoms with Crippen LogP contribution in [0.4, 0.5) is 10.3 Å². The molecule has 0 bridgehead atoms. The molecule has 0 saturated heterocycles. The number of anilines is 1. The number of benzene rings is 2. The van der Waals surface area contributed by atoms with Gasteiger partial charge in [-0.05, 0) is 31.2 Å². The molecule has 124 valence electrons. The minimum absolute atomic E-state index is 0.187. The molecule has 0 aliphatic carbocycles. The van der Waals surface area contributed by atoms with Crippen LogP contribution in [0, 0.1) is 12.7 Å². The first-order valence-electron chi connectivity index (χ1n) is 7.47. The zero-order valence-corrected chi connectivity index (χ0v) is 13.8. The van der Waals surface area contributed by atoms with Crippen LogP contribution >= 0.6 is 11.6 Å². The van der Waals surface area contributed by atoms with Crippen molar-refractivity contribution in [1.29, 1.82) is 0 Å². The first kappa shape index (κ1) is 15.5. The molecular formula is C17H12ClFN6. The normalized spacial score (nSPS) is 11.6. The van der Waals surface area contributed by atoms with Crippen molar-refractivity contribution < 1.29 is 4.39 Å². The Hall–Kier alpha value is -3.06. The maximum Gasteiger partial charge on any atom is 0.265 e. The van der Waals surface area contributed by atoms with E-state index in [0.29, 0.717) is 11.2 Å². The number of hydrazone groups is 1. The van der Waals surface area contributed by atoms with Crippen molar-refractivity contribution in [3.63, 3.8) is 0 Å². The second kappa shape index (κ2) is 6.10. The summed E-state index contributed by atoms with van der Waals surface area (Å²) < 4.78 is 13.7. The van der Waals surface area contributed by atoms with E-state index in [2.05, 4.69) is 30.7 Å². The first-order valence-corrected chi connectivity index (χ1v) is 7.85. The average Bonchev–Trinajstić information content (AvgIpc) is 2.94. The molecule has 0 unspecified atom stereocenters. The fraction of sp³-hybridized carbons (Fsp3) is 0.0588. The number of hydrogen-bond donors (Lipinski definition) is 2. The molecule has 0 fully saturated rings. The highest BCUT2D eigenvalue weighted by Gasteiger charge is 2.09. The van der Waals surface area contributed by atoms with Gasteiger partial charge in [0.15, 0.2) is 5.65 Å². The van der Waals surface area contributed by atoms with Crippen molar-refractivity contribution in [2.45, 2.75) is 6.92 Å². The summed E-state index contributed by atoms with van der Waals surface area (Å²) in [7, 11) is 0. The Labute approximate surface area is 146 Å². The molecule has 0 atom stereocenters. The van der Waals surface area contributed by atoms with Crippen LogP contribution in [0.3, 0.4) is 0 Å². The molecule has 2 aromatic heterocycles. The molecule has 6 nitrogen and oxygen atoms in total. The lowest BCUT2D eigenvalue weighted by atomic mass is 10.2. The Morgan fingerprint density at radius 3 is 2.96 bits per heavy atom. The third kappa shape index (κ3) is 2.89. The summed E-state index contributed by atoms with van der Waals surface area (Å²) in [5.41, 5.74) is 6.16. The second-order valence-electron chi connectivity index (χ2n) is 5.51. The number of rotatable bonds is 3. The molecule has 2 N–H and O–H groups in total. The van der Waals surface area contributed by atoms with Gasteiger partial charge in [0.05, 0.1) is 11.2 Å². The molecule has 0 saturated carbocycles. The maximum atomic E-state index is 13.7. The van der Waals surface area contributed by atoms with Gasteiger partial charge in [-0.3, -0.25) is 0 Å². The van der Waals surface area contributed by atoms with Crippen LogP contribution in [0.1, 0.15) is 11.1 Å². The van der Waals surface area contributed by atoms with E-state index < -0.39 is 5.82 Å². The highest BCUT2D eigenvalue weighted by atomic mass is 35.5. The van der Waals surface area contributed by atoms with Crippen molar-refractivity contribution in [3.05, 3.63) is 58.4 Å². The van der Waals surface area contributed by atoms with Gasteiger partial charge >= 0.3 is 0 Å². The maximum absolute atomic E-state index is 13.7. The number of aryl methyl sites for hydroxylation is 1. The van der Waals surface area contributed by atoms with Crippen LogP contribution < -0.4 is 5.43 Å². The Morgan fingerprint density at radius 1 is 1.24 bits per heavy atom. The van der Waals surface area contributed by atoms with Gasteiger partial charge in [-0.25, -0.2) is 9.82 Å². The van der Waals surface area contributed by atoms with Gasteiger partial charge in [0.2, 0.25) is 0 Å². The van der Waals surface area contributed by atoms with Gasteiger partial charge < -0.3 is 4.98 Å². The predicted octanol–water partition coefficient (Wildman–Crippen LogP) is 4.05. The second-order valence-corrected chi connectivity index (χ2v) is 5.92. The number of nitrogens with zero attached hydrogens (tertiary/aromatic N) is 4. The fourth-order valence-electron chi connectivity index (χ4n) is 2.52. The van der Waals surface area contributed by atoms with E-state index in [1.165, 1.54) is 18.3 Å². The Kier molecular flexibility index (Phi) is 3.77. The van der Waals surface area contributed by atoms with Gasteiger partial charge in [-0.2, -0.15) is 10.1 Å². The van der Waals surface area contributed by atoms with E-state index >= 15 is 0 Å². The largest absolute Gasteiger partial charge is 0.338 e. The number of halogens is 2. The van der Waals surface area contributed by atoms with E-state index in [4.69, 9.17) is 11.6 Å². The number of aromatic amines is 1. The number of aromatic nitrogens is 4. The van der Waals surface area contributed by atoms with Gasteiger partial charge in [0.25, 0.3) is 5.95 Å². The van der Waals surface area contributed by atoms with Crippen molar-refractivity contribution in [3.8, 4) is 0 Å². The highest BCUT2D eigenvalue weighted by Crippen LogP contribution is 2.23. The molecule has 0 amide bonds. The lowest BCUT2D eigenvalue weighted by molar-refractivity contribution is 0.626. The summed E-state index contributed by atoms with van der Waals surface area (Å²) in [6, 6.07) is 10.4. The van der Waals surface area contributed by atoms with Crippen molar-refractivity contribution >= 4 is 45.8 Å². The summed E-state index contributed by atoms with van der Waals surface area (Å²) in [5, 5.41) is 13.4. The quantitative estimate of drug-likeness (QED) is 0.429. The van der Waals surface area contributed by atoms with Gasteiger partial charge in [-0.1, -0.05) is 29.3 Å². The monoisotopic (exact) mass is 354 g/mol. The molecule has 4 rings (SSSR count). The van der Waals surface area contributed by atoms with Gasteiger partial charge in [0, 0.05) is 16.5 Å². The number of H-pyrrole nitrogens is 1. The van der Waals surface area contributed by atoms with Crippen LogP contribution in [-0.4, -0.2) is 26.4 Å². The molecular weight excluding hydrogens is 343 g/mol. The molecule has 0 radical (unpaired) electrons. The minimum Gasteiger partial charge on any atom is -0.338 e. The molecule has 8 heteroatoms. The van der Waals surface area contributed by atoms with E-state index in [1.54, 1.807) is 6.07 Å². The number of fused-ring (bicyclic) bond motifs is 3. The van der Waals surface area contributed by atoms with Crippen molar-refractivity contribution in [2.24, 2.45) is 5.10 Å². The predicted molar refractivity (Wildman–Crippen MR) is 96.6 cm³/mol. The van der Waals surface area contributed by atoms with E-state index in [1.807, 2.05) is 25.1 Å². The highest BCUT2D eigenvalue weighted by molar-refractivity contribution is 6.33. The lowest BCUT2D eigenvalue weighted by Crippen LogP contribution is -2.00. The summed E-state index contributed by atoms with van der Waals surface area (Å²) >= 11 is 5.94. The topological polar surface area (TPSA) is 78.9 Å². The van der Waals surface area contributed by atoms with E-state index in [0.717, 1.165) is 16.5 Å². The van der Waals surface area contributed by atoms with Crippen LogP contribution in [0.5, 0.6) is 0 Å². The third-order valence-electron chi connectivity index (χ3n) is 3.73. The molecule has 0 aliphatic rings. The molecule has 2 aromatic carbocycles. The smallest absolute Gasteiger partial charge is 0.265 e. The van der Waals surface area contributed by atoms with Crippen molar-refractivity contribution in [1.82, 2.24) is 20.2 Å². The van der Waals surface area contributed by atoms with Crippen LogP contribution in [-0.2, 0) is 0 Å². The molecule has 4 aromatic rings. The average molecular weight is 355 g/mol. The van der Waals surface area contributed by atoms with E-state index in [9.17, 15) is 4.39 Å². The van der Waals surface area contributed by atoms with Gasteiger partial charge in [-0.15, -0.1) is 10.2 Å². The summed E-state index contributed by atoms with van der Waals surface area (Å²) in [4.78, 5) is 7.52.